The lowest BCUT2D eigenvalue weighted by Crippen LogP contribution is -2.20. The Balaban J connectivity index is 1.69. The monoisotopic (exact) mass is 346 g/mol. The third-order valence-corrected chi connectivity index (χ3v) is 5.09. The average Bonchev–Trinajstić information content (AvgIpc) is 3.18. The summed E-state index contributed by atoms with van der Waals surface area (Å²) in [7, 11) is 0. The van der Waals surface area contributed by atoms with Crippen LogP contribution in [0, 0.1) is 0 Å². The van der Waals surface area contributed by atoms with Crippen molar-refractivity contribution in [3.63, 3.8) is 0 Å². The van der Waals surface area contributed by atoms with Crippen LogP contribution in [-0.2, 0) is 17.3 Å². The Labute approximate surface area is 154 Å². The van der Waals surface area contributed by atoms with Gasteiger partial charge in [0.15, 0.2) is 0 Å². The zero-order valence-corrected chi connectivity index (χ0v) is 16.2. The molecule has 0 saturated heterocycles. The molecular formula is C22H26N4. The molecule has 0 aliphatic carbocycles. The van der Waals surface area contributed by atoms with Crippen molar-refractivity contribution in [2.45, 2.75) is 51.9 Å². The zero-order valence-electron chi connectivity index (χ0n) is 16.2. The summed E-state index contributed by atoms with van der Waals surface area (Å²) < 4.78 is 3.96. The van der Waals surface area contributed by atoms with Crippen LogP contribution in [0.15, 0.2) is 55.0 Å². The molecule has 26 heavy (non-hydrogen) atoms. The average molecular weight is 346 g/mol. The number of aromatic nitrogens is 4. The van der Waals surface area contributed by atoms with Gasteiger partial charge in [0.25, 0.3) is 0 Å². The van der Waals surface area contributed by atoms with Crippen LogP contribution in [0.1, 0.15) is 51.4 Å². The van der Waals surface area contributed by atoms with Gasteiger partial charge in [0, 0.05) is 23.4 Å². The van der Waals surface area contributed by atoms with Crippen LogP contribution in [0.3, 0.4) is 0 Å². The van der Waals surface area contributed by atoms with E-state index in [2.05, 4.69) is 76.2 Å². The molecule has 0 fully saturated rings. The van der Waals surface area contributed by atoms with Gasteiger partial charge in [0.1, 0.15) is 0 Å². The Kier molecular flexibility index (Phi) is 3.69. The van der Waals surface area contributed by atoms with Gasteiger partial charge in [0.2, 0.25) is 0 Å². The molecule has 0 N–H and O–H groups in total. The van der Waals surface area contributed by atoms with E-state index in [1.807, 2.05) is 27.5 Å². The van der Waals surface area contributed by atoms with Crippen LogP contribution >= 0.6 is 0 Å². The molecule has 4 heteroatoms. The van der Waals surface area contributed by atoms with Crippen molar-refractivity contribution < 1.29 is 0 Å². The summed E-state index contributed by atoms with van der Waals surface area (Å²) in [5.74, 6) is 0. The van der Waals surface area contributed by atoms with Crippen LogP contribution in [-0.4, -0.2) is 19.2 Å². The molecule has 4 aromatic rings. The molecule has 0 aliphatic heterocycles. The second-order valence-corrected chi connectivity index (χ2v) is 8.84. The maximum atomic E-state index is 4.79. The first-order chi connectivity index (χ1) is 12.2. The summed E-state index contributed by atoms with van der Waals surface area (Å²) in [6.07, 6.45) is 7.10. The molecular weight excluding hydrogens is 320 g/mol. The molecule has 0 saturated carbocycles. The maximum absolute atomic E-state index is 4.79. The van der Waals surface area contributed by atoms with Crippen molar-refractivity contribution in [3.05, 3.63) is 71.8 Å². The highest BCUT2D eigenvalue weighted by Gasteiger charge is 2.25. The molecule has 0 radical (unpaired) electrons. The quantitative estimate of drug-likeness (QED) is 0.534. The van der Waals surface area contributed by atoms with Crippen molar-refractivity contribution in [2.75, 3.05) is 0 Å². The van der Waals surface area contributed by atoms with E-state index in [0.29, 0.717) is 0 Å². The molecule has 0 aromatic carbocycles. The summed E-state index contributed by atoms with van der Waals surface area (Å²) >= 11 is 0. The predicted octanol–water partition coefficient (Wildman–Crippen LogP) is 4.80. The highest BCUT2D eigenvalue weighted by molar-refractivity contribution is 5.57. The predicted molar refractivity (Wildman–Crippen MR) is 106 cm³/mol. The fourth-order valence-electron chi connectivity index (χ4n) is 3.56. The van der Waals surface area contributed by atoms with Crippen molar-refractivity contribution >= 4 is 11.0 Å². The minimum Gasteiger partial charge on any atom is -0.241 e. The van der Waals surface area contributed by atoms with Gasteiger partial charge >= 0.3 is 0 Å². The van der Waals surface area contributed by atoms with Gasteiger partial charge in [-0.3, -0.25) is 0 Å². The fraction of sp³-hybridized carbons (Fsp3) is 0.364. The highest BCUT2D eigenvalue weighted by atomic mass is 15.2. The smallest absolute Gasteiger partial charge is 0.0699 e. The van der Waals surface area contributed by atoms with Crippen LogP contribution in [0.25, 0.3) is 11.0 Å². The molecule has 0 aliphatic rings. The Morgan fingerprint density at radius 1 is 0.962 bits per heavy atom. The van der Waals surface area contributed by atoms with Crippen LogP contribution in [0.4, 0.5) is 0 Å². The van der Waals surface area contributed by atoms with Crippen LogP contribution < -0.4 is 0 Å². The largest absolute Gasteiger partial charge is 0.241 e. The molecule has 0 amide bonds. The number of hydrogen-bond acceptors (Lipinski definition) is 2. The van der Waals surface area contributed by atoms with Gasteiger partial charge in [-0.25, -0.2) is 9.03 Å². The SMILES string of the molecule is CC(C)(C)c1cc2ccc(CC(C)(C)c3cnn4ccccc34)cn2n1. The molecule has 4 heterocycles. The number of fused-ring (bicyclic) bond motifs is 2. The lowest BCUT2D eigenvalue weighted by molar-refractivity contribution is 0.524. The van der Waals surface area contributed by atoms with Crippen molar-refractivity contribution in [2.24, 2.45) is 0 Å². The topological polar surface area (TPSA) is 34.6 Å². The first-order valence-corrected chi connectivity index (χ1v) is 9.16. The molecule has 4 aromatic heterocycles. The van der Waals surface area contributed by atoms with E-state index in [0.717, 1.165) is 17.6 Å². The number of nitrogens with zero attached hydrogens (tertiary/aromatic N) is 4. The van der Waals surface area contributed by atoms with Gasteiger partial charge in [-0.2, -0.15) is 10.2 Å². The Morgan fingerprint density at radius 2 is 1.77 bits per heavy atom. The maximum Gasteiger partial charge on any atom is 0.0699 e. The van der Waals surface area contributed by atoms with Crippen molar-refractivity contribution in [1.82, 2.24) is 19.2 Å². The van der Waals surface area contributed by atoms with Gasteiger partial charge in [-0.1, -0.05) is 46.8 Å². The molecule has 0 atom stereocenters. The molecule has 4 rings (SSSR count). The minimum absolute atomic E-state index is 0.0171. The van der Waals surface area contributed by atoms with Crippen molar-refractivity contribution in [3.8, 4) is 0 Å². The molecule has 4 nitrogen and oxygen atoms in total. The van der Waals surface area contributed by atoms with Gasteiger partial charge in [0.05, 0.1) is 22.9 Å². The Morgan fingerprint density at radius 3 is 2.54 bits per heavy atom. The standard InChI is InChI=1S/C22H26N4/c1-21(2,3)20-12-17-10-9-16(15-26(17)24-20)13-22(4,5)18-14-23-25-11-7-6-8-19(18)25/h6-12,14-15H,13H2,1-5H3. The zero-order chi connectivity index (χ0) is 18.5. The van der Waals surface area contributed by atoms with Gasteiger partial charge < -0.3 is 0 Å². The number of rotatable bonds is 3. The highest BCUT2D eigenvalue weighted by Crippen LogP contribution is 2.31. The van der Waals surface area contributed by atoms with E-state index in [-0.39, 0.29) is 10.8 Å². The molecule has 134 valence electrons. The summed E-state index contributed by atoms with van der Waals surface area (Å²) in [6.45, 7) is 11.2. The molecule has 0 spiro atoms. The number of hydrogen-bond donors (Lipinski definition) is 0. The van der Waals surface area contributed by atoms with Crippen LogP contribution in [0.5, 0.6) is 0 Å². The second kappa shape index (κ2) is 5.70. The summed E-state index contributed by atoms with van der Waals surface area (Å²) in [6, 6.07) is 12.8. The first kappa shape index (κ1) is 16.8. The summed E-state index contributed by atoms with van der Waals surface area (Å²) in [4.78, 5) is 0. The van der Waals surface area contributed by atoms with Crippen LogP contribution in [0.2, 0.25) is 0 Å². The third kappa shape index (κ3) is 2.90. The van der Waals surface area contributed by atoms with Gasteiger partial charge in [-0.15, -0.1) is 0 Å². The van der Waals surface area contributed by atoms with E-state index < -0.39 is 0 Å². The minimum atomic E-state index is -0.0171. The fourth-order valence-corrected chi connectivity index (χ4v) is 3.56. The second-order valence-electron chi connectivity index (χ2n) is 8.84. The van der Waals surface area contributed by atoms with Crippen molar-refractivity contribution in [1.29, 1.82) is 0 Å². The first-order valence-electron chi connectivity index (χ1n) is 9.16. The van der Waals surface area contributed by atoms with E-state index in [4.69, 9.17) is 5.10 Å². The normalized spacial score (nSPS) is 13.0. The van der Waals surface area contributed by atoms with E-state index >= 15 is 0 Å². The summed E-state index contributed by atoms with van der Waals surface area (Å²) in [5, 5.41) is 9.29. The molecule has 0 bridgehead atoms. The summed E-state index contributed by atoms with van der Waals surface area (Å²) in [5.41, 5.74) is 6.03. The Hall–Kier alpha value is -2.62. The Bertz CT molecular complexity index is 1080. The van der Waals surface area contributed by atoms with E-state index in [9.17, 15) is 0 Å². The lowest BCUT2D eigenvalue weighted by atomic mass is 9.80. The van der Waals surface area contributed by atoms with Gasteiger partial charge in [-0.05, 0) is 41.7 Å². The number of pyridine rings is 2. The van der Waals surface area contributed by atoms with E-state index in [1.54, 1.807) is 0 Å². The lowest BCUT2D eigenvalue weighted by Gasteiger charge is -2.24. The molecule has 0 unspecified atom stereocenters. The van der Waals surface area contributed by atoms with E-state index in [1.165, 1.54) is 16.6 Å². The third-order valence-electron chi connectivity index (χ3n) is 5.09.